The minimum Gasteiger partial charge on any atom is -0.365 e. The summed E-state index contributed by atoms with van der Waals surface area (Å²) in [4.78, 5) is 9.11. The molecule has 0 aliphatic heterocycles. The number of nitriles is 1. The molecule has 0 unspecified atom stereocenters. The van der Waals surface area contributed by atoms with E-state index in [9.17, 15) is 8.42 Å². The average Bonchev–Trinajstić information content (AvgIpc) is 3.70. The van der Waals surface area contributed by atoms with E-state index in [1.807, 2.05) is 17.4 Å². The molecule has 10 nitrogen and oxygen atoms in total. The average molecular weight is 525 g/mol. The predicted molar refractivity (Wildman–Crippen MR) is 140 cm³/mol. The predicted octanol–water partition coefficient (Wildman–Crippen LogP) is 3.96. The Labute approximate surface area is 219 Å². The van der Waals surface area contributed by atoms with Crippen LogP contribution in [0.3, 0.4) is 0 Å². The SMILES string of the molecule is Cc1ccc(S(=O)(=O)n2ccc3c2ncc2nnc(C45CCC(Nc6ccc(C#N)cn6)(CC4)C5)n23)cc1. The molecule has 1 N–H and O–H groups in total. The molecule has 0 radical (unpaired) electrons. The highest BCUT2D eigenvalue weighted by Gasteiger charge is 2.57. The van der Waals surface area contributed by atoms with E-state index in [0.29, 0.717) is 22.4 Å². The maximum absolute atomic E-state index is 13.5. The molecule has 190 valence electrons. The second kappa shape index (κ2) is 7.85. The van der Waals surface area contributed by atoms with Crippen LogP contribution in [0.4, 0.5) is 5.82 Å². The van der Waals surface area contributed by atoms with Crippen molar-refractivity contribution in [1.29, 1.82) is 5.26 Å². The summed E-state index contributed by atoms with van der Waals surface area (Å²) in [5, 5.41) is 21.8. The van der Waals surface area contributed by atoms with Gasteiger partial charge < -0.3 is 5.32 Å². The summed E-state index contributed by atoms with van der Waals surface area (Å²) in [5.74, 6) is 1.61. The number of hydrogen-bond donors (Lipinski definition) is 1. The molecular weight excluding hydrogens is 500 g/mol. The molecule has 2 aliphatic rings. The zero-order valence-corrected chi connectivity index (χ0v) is 21.5. The second-order valence-electron chi connectivity index (χ2n) is 10.5. The van der Waals surface area contributed by atoms with Gasteiger partial charge in [-0.3, -0.25) is 4.40 Å². The Kier molecular flexibility index (Phi) is 4.72. The van der Waals surface area contributed by atoms with Crippen molar-refractivity contribution in [3.8, 4) is 6.07 Å². The van der Waals surface area contributed by atoms with Gasteiger partial charge in [0.25, 0.3) is 10.0 Å². The number of aryl methyl sites for hydroxylation is 1. The van der Waals surface area contributed by atoms with Crippen LogP contribution in [0, 0.1) is 18.3 Å². The highest BCUT2D eigenvalue weighted by molar-refractivity contribution is 7.90. The molecule has 0 atom stereocenters. The number of fused-ring (bicyclic) bond motifs is 5. The topological polar surface area (TPSA) is 131 Å². The first kappa shape index (κ1) is 22.9. The third kappa shape index (κ3) is 3.26. The van der Waals surface area contributed by atoms with Crippen LogP contribution in [-0.2, 0) is 15.4 Å². The molecule has 4 heterocycles. The van der Waals surface area contributed by atoms with Gasteiger partial charge in [-0.25, -0.2) is 22.4 Å². The van der Waals surface area contributed by atoms with Gasteiger partial charge in [0.2, 0.25) is 0 Å². The van der Waals surface area contributed by atoms with E-state index < -0.39 is 10.0 Å². The Morgan fingerprint density at radius 3 is 2.47 bits per heavy atom. The smallest absolute Gasteiger partial charge is 0.269 e. The van der Waals surface area contributed by atoms with Gasteiger partial charge in [-0.1, -0.05) is 17.7 Å². The molecule has 0 saturated heterocycles. The van der Waals surface area contributed by atoms with Crippen LogP contribution in [0.5, 0.6) is 0 Å². The van der Waals surface area contributed by atoms with Crippen molar-refractivity contribution in [3.05, 3.63) is 78.0 Å². The van der Waals surface area contributed by atoms with Gasteiger partial charge >= 0.3 is 0 Å². The zero-order chi connectivity index (χ0) is 26.1. The van der Waals surface area contributed by atoms with Crippen LogP contribution < -0.4 is 5.32 Å². The first-order valence-electron chi connectivity index (χ1n) is 12.5. The Hall–Kier alpha value is -4.30. The molecule has 2 bridgehead atoms. The van der Waals surface area contributed by atoms with E-state index in [1.54, 1.807) is 55.0 Å². The van der Waals surface area contributed by atoms with E-state index >= 15 is 0 Å². The number of benzene rings is 1. The summed E-state index contributed by atoms with van der Waals surface area (Å²) < 4.78 is 30.1. The lowest BCUT2D eigenvalue weighted by molar-refractivity contribution is 0.389. The van der Waals surface area contributed by atoms with E-state index in [0.717, 1.165) is 49.3 Å². The van der Waals surface area contributed by atoms with Crippen molar-refractivity contribution in [1.82, 2.24) is 28.5 Å². The fourth-order valence-electron chi connectivity index (χ4n) is 6.28. The van der Waals surface area contributed by atoms with Crippen LogP contribution in [-0.4, -0.2) is 42.5 Å². The van der Waals surface area contributed by atoms with E-state index in [-0.39, 0.29) is 15.8 Å². The van der Waals surface area contributed by atoms with Gasteiger partial charge in [-0.05, 0) is 69.4 Å². The minimum atomic E-state index is -3.82. The molecule has 0 amide bonds. The minimum absolute atomic E-state index is 0.111. The molecule has 4 aromatic heterocycles. The zero-order valence-electron chi connectivity index (χ0n) is 20.7. The summed E-state index contributed by atoms with van der Waals surface area (Å²) in [7, 11) is -3.82. The van der Waals surface area contributed by atoms with Gasteiger partial charge in [-0.15, -0.1) is 10.2 Å². The van der Waals surface area contributed by atoms with E-state index in [1.165, 1.54) is 3.97 Å². The Bertz CT molecular complexity index is 1860. The molecule has 2 fully saturated rings. The normalized spacial score (nSPS) is 22.7. The molecule has 11 heteroatoms. The lowest BCUT2D eigenvalue weighted by Crippen LogP contribution is -2.33. The van der Waals surface area contributed by atoms with Crippen LogP contribution in [0.15, 0.2) is 66.0 Å². The number of aromatic nitrogens is 6. The van der Waals surface area contributed by atoms with Crippen molar-refractivity contribution in [2.75, 3.05) is 5.32 Å². The highest BCUT2D eigenvalue weighted by Crippen LogP contribution is 2.58. The fraction of sp³-hybridized carbons (Fsp3) is 0.296. The number of nitrogens with one attached hydrogen (secondary N) is 1. The van der Waals surface area contributed by atoms with Gasteiger partial charge in [0.1, 0.15) is 17.7 Å². The molecule has 0 spiro atoms. The Morgan fingerprint density at radius 1 is 0.974 bits per heavy atom. The third-order valence-electron chi connectivity index (χ3n) is 8.22. The monoisotopic (exact) mass is 524 g/mol. The Morgan fingerprint density at radius 2 is 1.76 bits per heavy atom. The lowest BCUT2D eigenvalue weighted by Gasteiger charge is -2.28. The number of hydrogen-bond acceptors (Lipinski definition) is 8. The second-order valence-corrected chi connectivity index (χ2v) is 12.3. The first-order chi connectivity index (χ1) is 18.3. The molecule has 5 aromatic rings. The fourth-order valence-corrected chi connectivity index (χ4v) is 7.57. The first-order valence-corrected chi connectivity index (χ1v) is 13.9. The van der Waals surface area contributed by atoms with Crippen LogP contribution >= 0.6 is 0 Å². The maximum atomic E-state index is 13.5. The quantitative estimate of drug-likeness (QED) is 0.366. The number of rotatable bonds is 5. The summed E-state index contributed by atoms with van der Waals surface area (Å²) in [5.41, 5.74) is 2.83. The molecular formula is C27H24N8O2S. The molecule has 1 aromatic carbocycles. The van der Waals surface area contributed by atoms with Gasteiger partial charge in [0.15, 0.2) is 11.3 Å². The Balaban J connectivity index is 1.28. The number of pyridine rings is 1. The van der Waals surface area contributed by atoms with E-state index in [2.05, 4.69) is 31.6 Å². The van der Waals surface area contributed by atoms with Gasteiger partial charge in [0, 0.05) is 23.3 Å². The number of nitrogens with zero attached hydrogens (tertiary/aromatic N) is 7. The summed E-state index contributed by atoms with van der Waals surface area (Å²) in [6.07, 6.45) is 9.38. The maximum Gasteiger partial charge on any atom is 0.269 e. The van der Waals surface area contributed by atoms with Gasteiger partial charge in [0.05, 0.1) is 22.2 Å². The van der Waals surface area contributed by atoms with Crippen molar-refractivity contribution >= 4 is 32.7 Å². The van der Waals surface area contributed by atoms with Crippen molar-refractivity contribution in [3.63, 3.8) is 0 Å². The van der Waals surface area contributed by atoms with Gasteiger partial charge in [-0.2, -0.15) is 5.26 Å². The van der Waals surface area contributed by atoms with Crippen LogP contribution in [0.25, 0.3) is 16.8 Å². The van der Waals surface area contributed by atoms with Crippen molar-refractivity contribution in [2.45, 2.75) is 54.9 Å². The number of anilines is 1. The largest absolute Gasteiger partial charge is 0.365 e. The third-order valence-corrected chi connectivity index (χ3v) is 9.90. The summed E-state index contributed by atoms with van der Waals surface area (Å²) >= 11 is 0. The highest BCUT2D eigenvalue weighted by atomic mass is 32.2. The van der Waals surface area contributed by atoms with E-state index in [4.69, 9.17) is 5.26 Å². The lowest BCUT2D eigenvalue weighted by atomic mass is 9.83. The molecule has 38 heavy (non-hydrogen) atoms. The van der Waals surface area contributed by atoms with Crippen molar-refractivity contribution in [2.24, 2.45) is 0 Å². The van der Waals surface area contributed by atoms with Crippen LogP contribution in [0.1, 0.15) is 49.1 Å². The van der Waals surface area contributed by atoms with Crippen molar-refractivity contribution < 1.29 is 8.42 Å². The standard InChI is InChI=1S/C27H24N8O2S/c1-18-2-5-20(6-3-18)38(36,37)34-13-8-21-24(34)30-16-23-32-33-25(35(21)23)26-9-11-27(17-26,12-10-26)31-22-7-4-19(14-28)15-29-22/h2-8,13,15-16H,9-12,17H2,1H3,(H,29,31). The summed E-state index contributed by atoms with van der Waals surface area (Å²) in [6.45, 7) is 1.92. The molecule has 2 saturated carbocycles. The van der Waals surface area contributed by atoms with Crippen LogP contribution in [0.2, 0.25) is 0 Å². The molecule has 2 aliphatic carbocycles. The molecule has 7 rings (SSSR count). The summed E-state index contributed by atoms with van der Waals surface area (Å²) in [6, 6.07) is 14.3.